The molecule has 33 heavy (non-hydrogen) atoms. The van der Waals surface area contributed by atoms with E-state index in [1.807, 2.05) is 84.9 Å². The van der Waals surface area contributed by atoms with Crippen LogP contribution in [0.5, 0.6) is 0 Å². The molecule has 0 aliphatic rings. The van der Waals surface area contributed by atoms with Crippen LogP contribution in [-0.2, 0) is 13.0 Å². The van der Waals surface area contributed by atoms with Gasteiger partial charge < -0.3 is 9.88 Å². The minimum atomic E-state index is -0.281. The molecule has 1 amide bonds. The smallest absolute Gasteiger partial charge is 0.251 e. The number of hydrogen-bond donors (Lipinski definition) is 1. The number of nitrogens with zero attached hydrogens (tertiary/aromatic N) is 2. The Hall–Kier alpha value is -4.18. The molecular formula is C29H25N3O. The maximum absolute atomic E-state index is 13.2. The number of nitrogens with one attached hydrogen (secondary N) is 1. The highest BCUT2D eigenvalue weighted by atomic mass is 16.1. The van der Waals surface area contributed by atoms with Gasteiger partial charge >= 0.3 is 0 Å². The van der Waals surface area contributed by atoms with Crippen LogP contribution < -0.4 is 5.32 Å². The van der Waals surface area contributed by atoms with Gasteiger partial charge in [0.05, 0.1) is 17.1 Å². The molecule has 0 aliphatic carbocycles. The molecule has 1 aromatic heterocycles. The second kappa shape index (κ2) is 9.53. The third-order valence-corrected chi connectivity index (χ3v) is 5.80. The Labute approximate surface area is 193 Å². The summed E-state index contributed by atoms with van der Waals surface area (Å²) in [4.78, 5) is 18.2. The first-order valence-electron chi connectivity index (χ1n) is 11.2. The molecule has 0 fully saturated rings. The molecule has 1 N–H and O–H groups in total. The molecule has 0 unspecified atom stereocenters. The minimum Gasteiger partial charge on any atom is -0.342 e. The summed E-state index contributed by atoms with van der Waals surface area (Å²) in [5.41, 5.74) is 4.96. The molecule has 162 valence electrons. The first kappa shape index (κ1) is 20.7. The first-order valence-corrected chi connectivity index (χ1v) is 11.2. The van der Waals surface area contributed by atoms with Crippen molar-refractivity contribution in [3.8, 4) is 0 Å². The molecule has 0 spiro atoms. The van der Waals surface area contributed by atoms with Crippen molar-refractivity contribution in [2.45, 2.75) is 19.0 Å². The largest absolute Gasteiger partial charge is 0.342 e. The summed E-state index contributed by atoms with van der Waals surface area (Å²) in [6, 6.07) is 37.8. The van der Waals surface area contributed by atoms with Gasteiger partial charge in [0.1, 0.15) is 5.82 Å². The van der Waals surface area contributed by atoms with Crippen LogP contribution in [-0.4, -0.2) is 15.5 Å². The number of benzene rings is 4. The Morgan fingerprint density at radius 2 is 1.30 bits per heavy atom. The quantitative estimate of drug-likeness (QED) is 0.354. The number of aromatic nitrogens is 2. The molecule has 1 heterocycles. The fourth-order valence-corrected chi connectivity index (χ4v) is 4.18. The van der Waals surface area contributed by atoms with E-state index >= 15 is 0 Å². The van der Waals surface area contributed by atoms with Gasteiger partial charge in [-0.25, -0.2) is 4.98 Å². The molecular weight excluding hydrogens is 406 g/mol. The van der Waals surface area contributed by atoms with Crippen LogP contribution in [0.1, 0.15) is 33.4 Å². The molecule has 0 aliphatic heterocycles. The van der Waals surface area contributed by atoms with Gasteiger partial charge in [-0.3, -0.25) is 4.79 Å². The summed E-state index contributed by atoms with van der Waals surface area (Å²) >= 11 is 0. The predicted molar refractivity (Wildman–Crippen MR) is 132 cm³/mol. The maximum atomic E-state index is 13.2. The Kier molecular flexibility index (Phi) is 5.98. The van der Waals surface area contributed by atoms with E-state index in [0.29, 0.717) is 18.5 Å². The monoisotopic (exact) mass is 431 g/mol. The van der Waals surface area contributed by atoms with E-state index in [0.717, 1.165) is 22.4 Å². The highest BCUT2D eigenvalue weighted by Gasteiger charge is 2.23. The summed E-state index contributed by atoms with van der Waals surface area (Å²) in [6.45, 7) is 0.684. The van der Waals surface area contributed by atoms with Crippen molar-refractivity contribution >= 4 is 16.9 Å². The van der Waals surface area contributed by atoms with Crippen molar-refractivity contribution in [2.75, 3.05) is 0 Å². The predicted octanol–water partition coefficient (Wildman–Crippen LogP) is 5.80. The number of para-hydroxylation sites is 2. The van der Waals surface area contributed by atoms with Crippen LogP contribution in [0.2, 0.25) is 0 Å². The van der Waals surface area contributed by atoms with E-state index < -0.39 is 0 Å². The van der Waals surface area contributed by atoms with Crippen LogP contribution >= 0.6 is 0 Å². The van der Waals surface area contributed by atoms with Gasteiger partial charge in [-0.1, -0.05) is 91.0 Å². The van der Waals surface area contributed by atoms with E-state index in [2.05, 4.69) is 40.2 Å². The van der Waals surface area contributed by atoms with Gasteiger partial charge in [-0.2, -0.15) is 0 Å². The van der Waals surface area contributed by atoms with Gasteiger partial charge in [0, 0.05) is 12.1 Å². The lowest BCUT2D eigenvalue weighted by molar-refractivity contribution is 0.0934. The molecule has 0 saturated heterocycles. The topological polar surface area (TPSA) is 46.9 Å². The highest BCUT2D eigenvalue weighted by Crippen LogP contribution is 2.25. The van der Waals surface area contributed by atoms with Gasteiger partial charge in [0.2, 0.25) is 0 Å². The SMILES string of the molecule is O=C(N[C@H](Cc1ccccc1)c1nc2ccccc2n1Cc1ccccc1)c1ccccc1. The van der Waals surface area contributed by atoms with Gasteiger partial charge in [-0.15, -0.1) is 0 Å². The molecule has 0 saturated carbocycles. The maximum Gasteiger partial charge on any atom is 0.251 e. The van der Waals surface area contributed by atoms with E-state index in [1.54, 1.807) is 0 Å². The van der Waals surface area contributed by atoms with Crippen molar-refractivity contribution in [1.82, 2.24) is 14.9 Å². The van der Waals surface area contributed by atoms with Crippen molar-refractivity contribution < 1.29 is 4.79 Å². The van der Waals surface area contributed by atoms with Crippen LogP contribution in [0, 0.1) is 0 Å². The second-order valence-corrected chi connectivity index (χ2v) is 8.11. The number of rotatable bonds is 7. The van der Waals surface area contributed by atoms with Gasteiger partial charge in [0.15, 0.2) is 0 Å². The average Bonchev–Trinajstić information content (AvgIpc) is 3.24. The summed E-state index contributed by atoms with van der Waals surface area (Å²) in [7, 11) is 0. The van der Waals surface area contributed by atoms with E-state index in [4.69, 9.17) is 4.98 Å². The zero-order valence-corrected chi connectivity index (χ0v) is 18.3. The van der Waals surface area contributed by atoms with Crippen molar-refractivity contribution in [3.05, 3.63) is 138 Å². The third-order valence-electron chi connectivity index (χ3n) is 5.80. The van der Waals surface area contributed by atoms with Crippen molar-refractivity contribution in [3.63, 3.8) is 0 Å². The lowest BCUT2D eigenvalue weighted by atomic mass is 10.0. The zero-order valence-electron chi connectivity index (χ0n) is 18.3. The molecule has 5 rings (SSSR count). The summed E-state index contributed by atoms with van der Waals surface area (Å²) in [5.74, 6) is 0.753. The fraction of sp³-hybridized carbons (Fsp3) is 0.103. The van der Waals surface area contributed by atoms with Gasteiger partial charge in [-0.05, 0) is 41.8 Å². The third kappa shape index (κ3) is 4.70. The molecule has 5 aromatic rings. The number of fused-ring (bicyclic) bond motifs is 1. The van der Waals surface area contributed by atoms with Crippen LogP contribution in [0.3, 0.4) is 0 Å². The van der Waals surface area contributed by atoms with E-state index in [-0.39, 0.29) is 11.9 Å². The average molecular weight is 432 g/mol. The summed E-state index contributed by atoms with van der Waals surface area (Å²) < 4.78 is 2.23. The van der Waals surface area contributed by atoms with Gasteiger partial charge in [0.25, 0.3) is 5.91 Å². The molecule has 0 bridgehead atoms. The second-order valence-electron chi connectivity index (χ2n) is 8.11. The lowest BCUT2D eigenvalue weighted by Gasteiger charge is -2.21. The standard InChI is InChI=1S/C29H25N3O/c33-29(24-16-8-3-9-17-24)31-26(20-22-12-4-1-5-13-22)28-30-25-18-10-11-19-27(25)32(28)21-23-14-6-2-7-15-23/h1-19,26H,20-21H2,(H,31,33)/t26-/m1/s1. The zero-order chi connectivity index (χ0) is 22.5. The van der Waals surface area contributed by atoms with E-state index in [1.165, 1.54) is 5.56 Å². The number of amides is 1. The van der Waals surface area contributed by atoms with Crippen LogP contribution in [0.4, 0.5) is 0 Å². The summed E-state index contributed by atoms with van der Waals surface area (Å²) in [6.07, 6.45) is 0.650. The van der Waals surface area contributed by atoms with Crippen LogP contribution in [0.25, 0.3) is 11.0 Å². The molecule has 4 aromatic carbocycles. The fourth-order valence-electron chi connectivity index (χ4n) is 4.18. The van der Waals surface area contributed by atoms with Crippen molar-refractivity contribution in [1.29, 1.82) is 0 Å². The normalized spacial score (nSPS) is 11.9. The Morgan fingerprint density at radius 1 is 0.727 bits per heavy atom. The van der Waals surface area contributed by atoms with E-state index in [9.17, 15) is 4.79 Å². The lowest BCUT2D eigenvalue weighted by Crippen LogP contribution is -2.32. The number of carbonyl (C=O) groups is 1. The Balaban J connectivity index is 1.58. The first-order chi connectivity index (χ1) is 16.3. The molecule has 4 heteroatoms. The Bertz CT molecular complexity index is 1350. The number of carbonyl (C=O) groups excluding carboxylic acids is 1. The van der Waals surface area contributed by atoms with Crippen molar-refractivity contribution in [2.24, 2.45) is 0 Å². The summed E-state index contributed by atoms with van der Waals surface area (Å²) in [5, 5.41) is 3.26. The molecule has 1 atom stereocenters. The van der Waals surface area contributed by atoms with Crippen LogP contribution in [0.15, 0.2) is 115 Å². The molecule has 0 radical (unpaired) electrons. The molecule has 4 nitrogen and oxygen atoms in total. The number of hydrogen-bond acceptors (Lipinski definition) is 2. The highest BCUT2D eigenvalue weighted by molar-refractivity contribution is 5.94. The minimum absolute atomic E-state index is 0.102. The number of imidazole rings is 1. The Morgan fingerprint density at radius 3 is 2.00 bits per heavy atom.